The highest BCUT2D eigenvalue weighted by Gasteiger charge is 2.39. The number of likely N-dealkylation sites (tertiary alicyclic amines) is 1. The topological polar surface area (TPSA) is 103 Å². The summed E-state index contributed by atoms with van der Waals surface area (Å²) in [4.78, 5) is 32.5. The maximum Gasteiger partial charge on any atom is 0.243 e. The fourth-order valence-corrected chi connectivity index (χ4v) is 4.66. The molecule has 1 aromatic heterocycles. The van der Waals surface area contributed by atoms with E-state index < -0.39 is 18.2 Å². The van der Waals surface area contributed by atoms with Gasteiger partial charge in [0.05, 0.1) is 34.8 Å². The predicted molar refractivity (Wildman–Crippen MR) is 120 cm³/mol. The second-order valence-corrected chi connectivity index (χ2v) is 9.16. The monoisotopic (exact) mass is 445 g/mol. The molecule has 0 radical (unpaired) electrons. The molecule has 3 rings (SSSR count). The summed E-state index contributed by atoms with van der Waals surface area (Å²) in [5.41, 5.74) is 4.58. The van der Waals surface area contributed by atoms with Gasteiger partial charge < -0.3 is 20.4 Å². The van der Waals surface area contributed by atoms with Crippen molar-refractivity contribution in [2.45, 2.75) is 58.2 Å². The molecule has 1 aromatic carbocycles. The van der Waals surface area contributed by atoms with E-state index in [4.69, 9.17) is 0 Å². The second kappa shape index (κ2) is 10.3. The Labute approximate surface area is 187 Å². The summed E-state index contributed by atoms with van der Waals surface area (Å²) in [6.07, 6.45) is 0.725. The van der Waals surface area contributed by atoms with Gasteiger partial charge in [0.2, 0.25) is 11.8 Å². The van der Waals surface area contributed by atoms with Crippen LogP contribution in [0.25, 0.3) is 10.4 Å². The van der Waals surface area contributed by atoms with Crippen molar-refractivity contribution in [3.8, 4) is 10.4 Å². The Hall–Kier alpha value is -2.29. The highest BCUT2D eigenvalue weighted by molar-refractivity contribution is 7.13. The van der Waals surface area contributed by atoms with Crippen LogP contribution in [-0.4, -0.2) is 57.2 Å². The minimum absolute atomic E-state index is 0.115. The van der Waals surface area contributed by atoms with Gasteiger partial charge in [0.15, 0.2) is 0 Å². The van der Waals surface area contributed by atoms with Gasteiger partial charge in [0.25, 0.3) is 0 Å². The summed E-state index contributed by atoms with van der Waals surface area (Å²) in [6.45, 7) is 5.88. The standard InChI is InChI=1S/C23H31N3O4S/c1-4-14(2)9-21(29)26-11-18(28)10-20(26)23(30)25-19(12-27)16-5-7-17(8-6-16)22-15(3)24-13-31-22/h5-8,13-14,18-20,27-28H,4,9-12H2,1-3H3,(H,25,30)/t14-,18-,19+,20+/m1/s1. The highest BCUT2D eigenvalue weighted by atomic mass is 32.1. The lowest BCUT2D eigenvalue weighted by Gasteiger charge is -2.27. The minimum atomic E-state index is -0.722. The van der Waals surface area contributed by atoms with Gasteiger partial charge in [-0.1, -0.05) is 44.5 Å². The van der Waals surface area contributed by atoms with E-state index in [-0.39, 0.29) is 37.3 Å². The molecule has 0 spiro atoms. The summed E-state index contributed by atoms with van der Waals surface area (Å²) in [5, 5.41) is 22.8. The molecule has 2 aromatic rings. The van der Waals surface area contributed by atoms with Crippen molar-refractivity contribution in [1.29, 1.82) is 0 Å². The lowest BCUT2D eigenvalue weighted by molar-refractivity contribution is -0.139. The van der Waals surface area contributed by atoms with Crippen molar-refractivity contribution < 1.29 is 19.8 Å². The summed E-state index contributed by atoms with van der Waals surface area (Å²) in [6, 6.07) is 6.35. The minimum Gasteiger partial charge on any atom is -0.394 e. The average Bonchev–Trinajstić information content (AvgIpc) is 3.37. The van der Waals surface area contributed by atoms with Gasteiger partial charge in [-0.2, -0.15) is 0 Å². The predicted octanol–water partition coefficient (Wildman–Crippen LogP) is 2.67. The number of aromatic nitrogens is 1. The number of aliphatic hydroxyl groups is 2. The molecule has 7 nitrogen and oxygen atoms in total. The maximum absolute atomic E-state index is 13.0. The molecular formula is C23H31N3O4S. The first-order valence-corrected chi connectivity index (χ1v) is 11.6. The van der Waals surface area contributed by atoms with Gasteiger partial charge >= 0.3 is 0 Å². The zero-order valence-corrected chi connectivity index (χ0v) is 19.1. The first-order chi connectivity index (χ1) is 14.8. The number of nitrogens with zero attached hydrogens (tertiary/aromatic N) is 2. The SMILES string of the molecule is CC[C@@H](C)CC(=O)N1C[C@H](O)C[C@H]1C(=O)N[C@@H](CO)c1ccc(-c2scnc2C)cc1. The lowest BCUT2D eigenvalue weighted by Crippen LogP contribution is -2.47. The van der Waals surface area contributed by atoms with Gasteiger partial charge in [-0.05, 0) is 24.0 Å². The third-order valence-corrected chi connectivity index (χ3v) is 6.92. The first kappa shape index (κ1) is 23.4. The quantitative estimate of drug-likeness (QED) is 0.580. The molecular weight excluding hydrogens is 414 g/mol. The van der Waals surface area contributed by atoms with Crippen molar-refractivity contribution in [1.82, 2.24) is 15.2 Å². The van der Waals surface area contributed by atoms with E-state index >= 15 is 0 Å². The van der Waals surface area contributed by atoms with Gasteiger partial charge in [0, 0.05) is 19.4 Å². The zero-order valence-electron chi connectivity index (χ0n) is 18.2. The summed E-state index contributed by atoms with van der Waals surface area (Å²) in [7, 11) is 0. The molecule has 8 heteroatoms. The van der Waals surface area contributed by atoms with Crippen molar-refractivity contribution in [3.63, 3.8) is 0 Å². The van der Waals surface area contributed by atoms with Gasteiger partial charge in [0.1, 0.15) is 6.04 Å². The molecule has 1 saturated heterocycles. The molecule has 2 heterocycles. The van der Waals surface area contributed by atoms with Gasteiger partial charge in [-0.3, -0.25) is 9.59 Å². The van der Waals surface area contributed by atoms with E-state index in [2.05, 4.69) is 10.3 Å². The molecule has 0 aliphatic carbocycles. The fraction of sp³-hybridized carbons (Fsp3) is 0.522. The van der Waals surface area contributed by atoms with Crippen molar-refractivity contribution in [2.75, 3.05) is 13.2 Å². The molecule has 0 unspecified atom stereocenters. The molecule has 0 saturated carbocycles. The van der Waals surface area contributed by atoms with Crippen LogP contribution in [0.1, 0.15) is 50.4 Å². The molecule has 2 amide bonds. The number of benzene rings is 1. The summed E-state index contributed by atoms with van der Waals surface area (Å²) in [5.74, 6) is -0.244. The second-order valence-electron chi connectivity index (χ2n) is 8.30. The van der Waals surface area contributed by atoms with Crippen LogP contribution in [0.15, 0.2) is 29.8 Å². The Balaban J connectivity index is 1.69. The molecule has 4 atom stereocenters. The number of nitrogens with one attached hydrogen (secondary N) is 1. The van der Waals surface area contributed by atoms with Crippen LogP contribution in [0.4, 0.5) is 0 Å². The smallest absolute Gasteiger partial charge is 0.243 e. The van der Waals surface area contributed by atoms with Gasteiger partial charge in [-0.15, -0.1) is 11.3 Å². The number of thiazole rings is 1. The van der Waals surface area contributed by atoms with Crippen LogP contribution in [0, 0.1) is 12.8 Å². The number of aliphatic hydroxyl groups excluding tert-OH is 2. The molecule has 3 N–H and O–H groups in total. The number of β-amino-alcohol motifs (C(OH)–C–C–N with tert-alkyl or cyclic N) is 1. The molecule has 168 valence electrons. The Morgan fingerprint density at radius 3 is 2.61 bits per heavy atom. The number of hydrogen-bond donors (Lipinski definition) is 3. The molecule has 1 aliphatic heterocycles. The number of amides is 2. The molecule has 1 aliphatic rings. The Bertz CT molecular complexity index is 898. The number of rotatable bonds is 8. The van der Waals surface area contributed by atoms with E-state index in [0.29, 0.717) is 6.42 Å². The van der Waals surface area contributed by atoms with Crippen LogP contribution >= 0.6 is 11.3 Å². The van der Waals surface area contributed by atoms with E-state index in [0.717, 1.165) is 28.1 Å². The number of carbonyl (C=O) groups is 2. The van der Waals surface area contributed by atoms with Gasteiger partial charge in [-0.25, -0.2) is 4.98 Å². The maximum atomic E-state index is 13.0. The van der Waals surface area contributed by atoms with Crippen LogP contribution in [0.2, 0.25) is 0 Å². The van der Waals surface area contributed by atoms with E-state index in [9.17, 15) is 19.8 Å². The van der Waals surface area contributed by atoms with Crippen LogP contribution < -0.4 is 5.32 Å². The highest BCUT2D eigenvalue weighted by Crippen LogP contribution is 2.28. The van der Waals surface area contributed by atoms with E-state index in [1.54, 1.807) is 16.8 Å². The normalized spacial score (nSPS) is 20.5. The molecule has 31 heavy (non-hydrogen) atoms. The number of carbonyl (C=O) groups excluding carboxylic acids is 2. The third-order valence-electron chi connectivity index (χ3n) is 5.94. The van der Waals surface area contributed by atoms with E-state index in [1.807, 2.05) is 45.0 Å². The first-order valence-electron chi connectivity index (χ1n) is 10.7. The third kappa shape index (κ3) is 5.50. The Morgan fingerprint density at radius 2 is 2.03 bits per heavy atom. The Morgan fingerprint density at radius 1 is 1.32 bits per heavy atom. The van der Waals surface area contributed by atoms with Crippen LogP contribution in [-0.2, 0) is 9.59 Å². The van der Waals surface area contributed by atoms with Crippen molar-refractivity contribution in [3.05, 3.63) is 41.0 Å². The average molecular weight is 446 g/mol. The molecule has 1 fully saturated rings. The fourth-order valence-electron chi connectivity index (χ4n) is 3.85. The lowest BCUT2D eigenvalue weighted by atomic mass is 10.0. The largest absolute Gasteiger partial charge is 0.394 e. The number of hydrogen-bond acceptors (Lipinski definition) is 6. The Kier molecular flexibility index (Phi) is 7.80. The summed E-state index contributed by atoms with van der Waals surface area (Å²) < 4.78 is 0. The van der Waals surface area contributed by atoms with Crippen molar-refractivity contribution >= 4 is 23.2 Å². The summed E-state index contributed by atoms with van der Waals surface area (Å²) >= 11 is 1.57. The number of aryl methyl sites for hydroxylation is 1. The van der Waals surface area contributed by atoms with Crippen LogP contribution in [0.5, 0.6) is 0 Å². The van der Waals surface area contributed by atoms with Crippen molar-refractivity contribution in [2.24, 2.45) is 5.92 Å². The van der Waals surface area contributed by atoms with Crippen LogP contribution in [0.3, 0.4) is 0 Å². The zero-order chi connectivity index (χ0) is 22.5. The molecule has 0 bridgehead atoms. The van der Waals surface area contributed by atoms with E-state index in [1.165, 1.54) is 4.90 Å².